The number of amides is 3. The van der Waals surface area contributed by atoms with Crippen LogP contribution in [0.2, 0.25) is 0 Å². The molecule has 0 aliphatic rings. The molecule has 0 aliphatic carbocycles. The molecule has 0 aliphatic heterocycles. The number of carbonyl (C=O) groups excluding carboxylic acids is 3. The molecule has 0 radical (unpaired) electrons. The van der Waals surface area contributed by atoms with Gasteiger partial charge in [-0.3, -0.25) is 19.4 Å². The second kappa shape index (κ2) is 14.9. The number of nitrogens with one attached hydrogen (secondary N) is 3. The molecule has 0 spiro atoms. The van der Waals surface area contributed by atoms with Gasteiger partial charge in [-0.15, -0.1) is 0 Å². The Morgan fingerprint density at radius 2 is 1.38 bits per heavy atom. The summed E-state index contributed by atoms with van der Waals surface area (Å²) in [6.45, 7) is 2.24. The van der Waals surface area contributed by atoms with E-state index in [1.54, 1.807) is 0 Å². The van der Waals surface area contributed by atoms with Crippen molar-refractivity contribution in [3.8, 4) is 0 Å². The zero-order valence-electron chi connectivity index (χ0n) is 18.3. The van der Waals surface area contributed by atoms with Gasteiger partial charge in [-0.2, -0.15) is 0 Å². The number of aliphatic imine (C=N–C) groups is 1. The highest BCUT2D eigenvalue weighted by atomic mass is 16.4. The third kappa shape index (κ3) is 11.4. The summed E-state index contributed by atoms with van der Waals surface area (Å²) in [5, 5.41) is 34.4. The van der Waals surface area contributed by atoms with Crippen LogP contribution in [0.15, 0.2) is 4.99 Å². The van der Waals surface area contributed by atoms with Gasteiger partial charge in [0.05, 0.1) is 19.3 Å². The second-order valence-electron chi connectivity index (χ2n) is 7.57. The van der Waals surface area contributed by atoms with Crippen LogP contribution < -0.4 is 33.2 Å². The van der Waals surface area contributed by atoms with Gasteiger partial charge in [-0.1, -0.05) is 13.8 Å². The first-order valence-electron chi connectivity index (χ1n) is 10.1. The Labute approximate surface area is 186 Å². The molecule has 32 heavy (non-hydrogen) atoms. The van der Waals surface area contributed by atoms with Crippen molar-refractivity contribution in [1.29, 1.82) is 0 Å². The van der Waals surface area contributed by atoms with E-state index in [4.69, 9.17) is 27.4 Å². The Morgan fingerprint density at radius 1 is 0.875 bits per heavy atom. The average Bonchev–Trinajstić information content (AvgIpc) is 2.70. The molecular formula is C18H35N7O7. The molecule has 0 saturated carbocycles. The van der Waals surface area contributed by atoms with Gasteiger partial charge < -0.3 is 48.5 Å². The van der Waals surface area contributed by atoms with Crippen LogP contribution in [0.3, 0.4) is 0 Å². The number of guanidine groups is 1. The van der Waals surface area contributed by atoms with Gasteiger partial charge in [0, 0.05) is 6.54 Å². The molecule has 0 rings (SSSR count). The van der Waals surface area contributed by atoms with E-state index in [0.29, 0.717) is 6.42 Å². The minimum atomic E-state index is -1.58. The molecule has 14 nitrogen and oxygen atoms in total. The maximum absolute atomic E-state index is 12.6. The molecule has 0 unspecified atom stereocenters. The normalized spacial score (nSPS) is 14.6. The van der Waals surface area contributed by atoms with E-state index in [1.165, 1.54) is 0 Å². The van der Waals surface area contributed by atoms with E-state index < -0.39 is 61.1 Å². The predicted octanol–water partition coefficient (Wildman–Crippen LogP) is -4.06. The molecule has 3 amide bonds. The van der Waals surface area contributed by atoms with Crippen LogP contribution in [0, 0.1) is 5.92 Å². The molecule has 12 N–H and O–H groups in total. The lowest BCUT2D eigenvalue weighted by Crippen LogP contribution is -2.58. The second-order valence-corrected chi connectivity index (χ2v) is 7.57. The first kappa shape index (κ1) is 29.0. The van der Waals surface area contributed by atoms with Crippen LogP contribution in [0.25, 0.3) is 0 Å². The lowest BCUT2D eigenvalue weighted by atomic mass is 10.0. The fraction of sp³-hybridized carbons (Fsp3) is 0.722. The Kier molecular flexibility index (Phi) is 13.5. The lowest BCUT2D eigenvalue weighted by molar-refractivity contribution is -0.143. The standard InChI is InChI=1S/C18H35N7O7/c1-9(2)6-10(19)14(28)24-12(7-26)16(30)23-11(4-3-5-22-18(20)21)15(29)25-13(8-27)17(31)32/h9-13,26-27H,3-8,19H2,1-2H3,(H,23,30)(H,24,28)(H,25,29)(H,31,32)(H4,20,21,22)/t10-,11-,12-,13-/m0/s1. The predicted molar refractivity (Wildman–Crippen MR) is 115 cm³/mol. The van der Waals surface area contributed by atoms with Gasteiger partial charge in [0.25, 0.3) is 0 Å². The fourth-order valence-electron chi connectivity index (χ4n) is 2.59. The Morgan fingerprint density at radius 3 is 1.84 bits per heavy atom. The summed E-state index contributed by atoms with van der Waals surface area (Å²) in [4.78, 5) is 52.0. The zero-order valence-corrected chi connectivity index (χ0v) is 18.3. The maximum Gasteiger partial charge on any atom is 0.328 e. The Bertz CT molecular complexity index is 668. The highest BCUT2D eigenvalue weighted by molar-refractivity contribution is 5.94. The van der Waals surface area contributed by atoms with Crippen molar-refractivity contribution in [2.45, 2.75) is 57.3 Å². The van der Waals surface area contributed by atoms with Gasteiger partial charge in [-0.25, -0.2) is 4.79 Å². The summed E-state index contributed by atoms with van der Waals surface area (Å²) < 4.78 is 0. The number of aliphatic carboxylic acids is 1. The average molecular weight is 462 g/mol. The van der Waals surface area contributed by atoms with Crippen molar-refractivity contribution in [3.63, 3.8) is 0 Å². The largest absolute Gasteiger partial charge is 0.480 e. The minimum Gasteiger partial charge on any atom is -0.480 e. The van der Waals surface area contributed by atoms with Crippen LogP contribution >= 0.6 is 0 Å². The minimum absolute atomic E-state index is 0.00504. The Hall–Kier alpha value is -2.97. The summed E-state index contributed by atoms with van der Waals surface area (Å²) in [5.74, 6) is -3.91. The molecule has 184 valence electrons. The monoisotopic (exact) mass is 461 g/mol. The van der Waals surface area contributed by atoms with Gasteiger partial charge >= 0.3 is 5.97 Å². The first-order valence-corrected chi connectivity index (χ1v) is 10.1. The van der Waals surface area contributed by atoms with Gasteiger partial charge in [-0.05, 0) is 25.2 Å². The van der Waals surface area contributed by atoms with Crippen molar-refractivity contribution < 1.29 is 34.5 Å². The SMILES string of the molecule is CC(C)C[C@H](N)C(=O)N[C@@H](CO)C(=O)N[C@@H](CCCN=C(N)N)C(=O)N[C@@H](CO)C(=O)O. The number of aliphatic hydroxyl groups excluding tert-OH is 2. The van der Waals surface area contributed by atoms with Crippen molar-refractivity contribution >= 4 is 29.7 Å². The number of rotatable bonds is 15. The van der Waals surface area contributed by atoms with Gasteiger partial charge in [0.1, 0.15) is 18.1 Å². The summed E-state index contributed by atoms with van der Waals surface area (Å²) in [7, 11) is 0. The number of nitrogens with two attached hydrogens (primary N) is 3. The summed E-state index contributed by atoms with van der Waals surface area (Å²) >= 11 is 0. The number of hydrogen-bond acceptors (Lipinski definition) is 8. The van der Waals surface area contributed by atoms with E-state index in [9.17, 15) is 24.3 Å². The summed E-state index contributed by atoms with van der Waals surface area (Å²) in [5.41, 5.74) is 16.2. The van der Waals surface area contributed by atoms with Gasteiger partial charge in [0.15, 0.2) is 5.96 Å². The van der Waals surface area contributed by atoms with Crippen molar-refractivity contribution in [2.75, 3.05) is 19.8 Å². The van der Waals surface area contributed by atoms with E-state index in [1.807, 2.05) is 13.8 Å². The van der Waals surface area contributed by atoms with E-state index in [2.05, 4.69) is 20.9 Å². The molecule has 14 heteroatoms. The highest BCUT2D eigenvalue weighted by Gasteiger charge is 2.29. The zero-order chi connectivity index (χ0) is 24.8. The van der Waals surface area contributed by atoms with E-state index >= 15 is 0 Å². The van der Waals surface area contributed by atoms with Crippen LogP contribution in [0.5, 0.6) is 0 Å². The number of aliphatic hydroxyl groups is 2. The quantitative estimate of drug-likeness (QED) is 0.0647. The first-order chi connectivity index (χ1) is 14.9. The van der Waals surface area contributed by atoms with Crippen LogP contribution in [0.1, 0.15) is 33.1 Å². The molecule has 0 bridgehead atoms. The smallest absolute Gasteiger partial charge is 0.328 e. The lowest BCUT2D eigenvalue weighted by Gasteiger charge is -2.24. The van der Waals surface area contributed by atoms with Gasteiger partial charge in [0.2, 0.25) is 17.7 Å². The highest BCUT2D eigenvalue weighted by Crippen LogP contribution is 2.04. The van der Waals surface area contributed by atoms with Crippen LogP contribution in [-0.2, 0) is 19.2 Å². The molecular weight excluding hydrogens is 426 g/mol. The molecule has 0 fully saturated rings. The maximum atomic E-state index is 12.6. The van der Waals surface area contributed by atoms with Crippen molar-refractivity contribution in [2.24, 2.45) is 28.1 Å². The third-order valence-electron chi connectivity index (χ3n) is 4.25. The van der Waals surface area contributed by atoms with Crippen molar-refractivity contribution in [3.05, 3.63) is 0 Å². The molecule has 0 aromatic carbocycles. The van der Waals surface area contributed by atoms with Crippen LogP contribution in [-0.4, -0.2) is 88.9 Å². The van der Waals surface area contributed by atoms with Crippen LogP contribution in [0.4, 0.5) is 0 Å². The van der Waals surface area contributed by atoms with E-state index in [0.717, 1.165) is 0 Å². The topological polar surface area (TPSA) is 255 Å². The van der Waals surface area contributed by atoms with E-state index in [-0.39, 0.29) is 31.3 Å². The molecule has 0 saturated heterocycles. The molecule has 0 aromatic heterocycles. The fourth-order valence-corrected chi connectivity index (χ4v) is 2.59. The molecule has 4 atom stereocenters. The summed E-state index contributed by atoms with van der Waals surface area (Å²) in [6, 6.07) is -5.11. The number of nitrogens with zero attached hydrogens (tertiary/aromatic N) is 1. The van der Waals surface area contributed by atoms with Crippen molar-refractivity contribution in [1.82, 2.24) is 16.0 Å². The number of carbonyl (C=O) groups is 4. The Balaban J connectivity index is 5.27. The molecule has 0 aromatic rings. The number of carboxylic acid groups (broad SMARTS) is 1. The third-order valence-corrected chi connectivity index (χ3v) is 4.25. The number of carboxylic acids is 1. The summed E-state index contributed by atoms with van der Waals surface area (Å²) in [6.07, 6.45) is 0.604. The molecule has 0 heterocycles. The number of hydrogen-bond donors (Lipinski definition) is 9.